The number of methoxy groups -OCH3 is 1. The number of aliphatic carboxylic acids is 1. The molecule has 0 fully saturated rings. The monoisotopic (exact) mass is 279 g/mol. The molecule has 1 aromatic rings. The summed E-state index contributed by atoms with van der Waals surface area (Å²) < 4.78 is 5.06. The van der Waals surface area contributed by atoms with E-state index in [1.54, 1.807) is 12.0 Å². The van der Waals surface area contributed by atoms with Gasteiger partial charge >= 0.3 is 5.97 Å². The number of carboxylic acid groups (broad SMARTS) is 1. The van der Waals surface area contributed by atoms with Crippen LogP contribution in [-0.4, -0.2) is 42.1 Å². The topological polar surface area (TPSA) is 66.8 Å². The van der Waals surface area contributed by atoms with E-state index in [9.17, 15) is 9.59 Å². The van der Waals surface area contributed by atoms with Crippen molar-refractivity contribution in [2.75, 3.05) is 20.2 Å². The summed E-state index contributed by atoms with van der Waals surface area (Å²) in [5.41, 5.74) is 0.896. The lowest BCUT2D eigenvalue weighted by Crippen LogP contribution is -2.34. The quantitative estimate of drug-likeness (QED) is 0.790. The molecule has 0 bridgehead atoms. The number of nitrogens with zero attached hydrogens (tertiary/aromatic N) is 1. The zero-order valence-corrected chi connectivity index (χ0v) is 12.0. The lowest BCUT2D eigenvalue weighted by Gasteiger charge is -2.21. The third-order valence-electron chi connectivity index (χ3n) is 2.96. The Morgan fingerprint density at radius 3 is 2.35 bits per heavy atom. The standard InChI is InChI=1S/C15H21NO4/c1-3-9-16(10-8-15(18)19)14(17)11-12-4-6-13(20-2)7-5-12/h4-7H,3,8-11H2,1-2H3,(H,18,19). The number of hydrogen-bond donors (Lipinski definition) is 1. The van der Waals surface area contributed by atoms with E-state index in [1.807, 2.05) is 31.2 Å². The Hall–Kier alpha value is -2.04. The van der Waals surface area contributed by atoms with Gasteiger partial charge in [-0.1, -0.05) is 19.1 Å². The van der Waals surface area contributed by atoms with Gasteiger partial charge in [0.2, 0.25) is 5.91 Å². The molecule has 1 amide bonds. The highest BCUT2D eigenvalue weighted by atomic mass is 16.5. The van der Waals surface area contributed by atoms with E-state index in [0.717, 1.165) is 17.7 Å². The summed E-state index contributed by atoms with van der Waals surface area (Å²) >= 11 is 0. The molecule has 0 spiro atoms. The van der Waals surface area contributed by atoms with Crippen molar-refractivity contribution in [3.63, 3.8) is 0 Å². The molecule has 0 saturated carbocycles. The molecule has 0 aliphatic heterocycles. The number of carboxylic acids is 1. The largest absolute Gasteiger partial charge is 0.497 e. The van der Waals surface area contributed by atoms with Gasteiger partial charge in [-0.25, -0.2) is 0 Å². The van der Waals surface area contributed by atoms with Crippen LogP contribution in [0.15, 0.2) is 24.3 Å². The van der Waals surface area contributed by atoms with Gasteiger partial charge < -0.3 is 14.7 Å². The Bertz CT molecular complexity index is 442. The van der Waals surface area contributed by atoms with Crippen LogP contribution in [0.2, 0.25) is 0 Å². The predicted octanol–water partition coefficient (Wildman–Crippen LogP) is 1.95. The first kappa shape index (κ1) is 16.0. The SMILES string of the molecule is CCCN(CCC(=O)O)C(=O)Cc1ccc(OC)cc1. The van der Waals surface area contributed by atoms with E-state index in [2.05, 4.69) is 0 Å². The number of carbonyl (C=O) groups excluding carboxylic acids is 1. The second-order valence-electron chi connectivity index (χ2n) is 4.55. The second-order valence-corrected chi connectivity index (χ2v) is 4.55. The van der Waals surface area contributed by atoms with E-state index < -0.39 is 5.97 Å². The molecule has 1 rings (SSSR count). The van der Waals surface area contributed by atoms with Gasteiger partial charge in [0.15, 0.2) is 0 Å². The van der Waals surface area contributed by atoms with Gasteiger partial charge in [0.1, 0.15) is 5.75 Å². The number of amides is 1. The molecule has 0 aliphatic carbocycles. The van der Waals surface area contributed by atoms with E-state index in [4.69, 9.17) is 9.84 Å². The first-order chi connectivity index (χ1) is 9.56. The van der Waals surface area contributed by atoms with Gasteiger partial charge in [-0.3, -0.25) is 9.59 Å². The van der Waals surface area contributed by atoms with Gasteiger partial charge in [-0.05, 0) is 24.1 Å². The fraction of sp³-hybridized carbons (Fsp3) is 0.467. The minimum atomic E-state index is -0.886. The molecule has 5 nitrogen and oxygen atoms in total. The molecule has 0 aromatic heterocycles. The summed E-state index contributed by atoms with van der Waals surface area (Å²) in [5, 5.41) is 8.71. The summed E-state index contributed by atoms with van der Waals surface area (Å²) in [4.78, 5) is 24.4. The lowest BCUT2D eigenvalue weighted by atomic mass is 10.1. The van der Waals surface area contributed by atoms with Gasteiger partial charge in [0.05, 0.1) is 20.0 Å². The maximum absolute atomic E-state index is 12.2. The Balaban J connectivity index is 2.61. The van der Waals surface area contributed by atoms with E-state index in [0.29, 0.717) is 6.54 Å². The number of hydrogen-bond acceptors (Lipinski definition) is 3. The minimum Gasteiger partial charge on any atom is -0.497 e. The smallest absolute Gasteiger partial charge is 0.305 e. The molecule has 0 atom stereocenters. The van der Waals surface area contributed by atoms with Gasteiger partial charge in [-0.2, -0.15) is 0 Å². The molecule has 0 heterocycles. The van der Waals surface area contributed by atoms with Crippen molar-refractivity contribution in [3.8, 4) is 5.75 Å². The number of ether oxygens (including phenoxy) is 1. The third-order valence-corrected chi connectivity index (χ3v) is 2.96. The Morgan fingerprint density at radius 1 is 1.20 bits per heavy atom. The molecule has 1 aromatic carbocycles. The number of benzene rings is 1. The van der Waals surface area contributed by atoms with Crippen LogP contribution in [0, 0.1) is 0 Å². The summed E-state index contributed by atoms with van der Waals surface area (Å²) in [7, 11) is 1.59. The van der Waals surface area contributed by atoms with E-state index >= 15 is 0 Å². The molecule has 1 N–H and O–H groups in total. The van der Waals surface area contributed by atoms with E-state index in [1.165, 1.54) is 0 Å². The summed E-state index contributed by atoms with van der Waals surface area (Å²) in [6.45, 7) is 2.81. The normalized spacial score (nSPS) is 10.1. The van der Waals surface area contributed by atoms with Crippen molar-refractivity contribution >= 4 is 11.9 Å². The maximum Gasteiger partial charge on any atom is 0.305 e. The average Bonchev–Trinajstić information content (AvgIpc) is 2.44. The van der Waals surface area contributed by atoms with Crippen LogP contribution in [0.5, 0.6) is 5.75 Å². The van der Waals surface area contributed by atoms with Gasteiger partial charge in [0.25, 0.3) is 0 Å². The second kappa shape index (κ2) is 8.19. The van der Waals surface area contributed by atoms with Crippen LogP contribution in [-0.2, 0) is 16.0 Å². The highest BCUT2D eigenvalue weighted by Crippen LogP contribution is 2.12. The van der Waals surface area contributed by atoms with Crippen molar-refractivity contribution in [2.24, 2.45) is 0 Å². The Morgan fingerprint density at radius 2 is 1.85 bits per heavy atom. The number of rotatable bonds is 8. The zero-order valence-electron chi connectivity index (χ0n) is 12.0. The molecule has 0 radical (unpaired) electrons. The van der Waals surface area contributed by atoms with Crippen LogP contribution in [0.4, 0.5) is 0 Å². The zero-order chi connectivity index (χ0) is 15.0. The van der Waals surface area contributed by atoms with Crippen molar-refractivity contribution < 1.29 is 19.4 Å². The molecular weight excluding hydrogens is 258 g/mol. The maximum atomic E-state index is 12.2. The average molecular weight is 279 g/mol. The minimum absolute atomic E-state index is 0.0195. The summed E-state index contributed by atoms with van der Waals surface area (Å²) in [5.74, 6) is -0.181. The molecule has 20 heavy (non-hydrogen) atoms. The predicted molar refractivity (Wildman–Crippen MR) is 75.8 cm³/mol. The fourth-order valence-corrected chi connectivity index (χ4v) is 1.89. The van der Waals surface area contributed by atoms with Crippen molar-refractivity contribution in [1.82, 2.24) is 4.90 Å². The molecule has 0 unspecified atom stereocenters. The van der Waals surface area contributed by atoms with Crippen LogP contribution in [0.1, 0.15) is 25.3 Å². The van der Waals surface area contributed by atoms with Crippen molar-refractivity contribution in [2.45, 2.75) is 26.2 Å². The number of carbonyl (C=O) groups is 2. The molecule has 5 heteroatoms. The fourth-order valence-electron chi connectivity index (χ4n) is 1.89. The lowest BCUT2D eigenvalue weighted by molar-refractivity contribution is -0.138. The third kappa shape index (κ3) is 5.30. The summed E-state index contributed by atoms with van der Waals surface area (Å²) in [6.07, 6.45) is 1.08. The van der Waals surface area contributed by atoms with Crippen molar-refractivity contribution in [1.29, 1.82) is 0 Å². The van der Waals surface area contributed by atoms with Crippen LogP contribution >= 0.6 is 0 Å². The molecule has 110 valence electrons. The molecule has 0 aliphatic rings. The van der Waals surface area contributed by atoms with Crippen LogP contribution in [0.25, 0.3) is 0 Å². The first-order valence-electron chi connectivity index (χ1n) is 6.69. The molecular formula is C15H21NO4. The summed E-state index contributed by atoms with van der Waals surface area (Å²) in [6, 6.07) is 7.31. The van der Waals surface area contributed by atoms with Crippen molar-refractivity contribution in [3.05, 3.63) is 29.8 Å². The Labute approximate surface area is 119 Å². The Kier molecular flexibility index (Phi) is 6.56. The van der Waals surface area contributed by atoms with E-state index in [-0.39, 0.29) is 25.3 Å². The van der Waals surface area contributed by atoms with Gasteiger partial charge in [0, 0.05) is 13.1 Å². The van der Waals surface area contributed by atoms with Gasteiger partial charge in [-0.15, -0.1) is 0 Å². The van der Waals surface area contributed by atoms with Crippen LogP contribution in [0.3, 0.4) is 0 Å². The molecule has 0 saturated heterocycles. The highest BCUT2D eigenvalue weighted by molar-refractivity contribution is 5.79. The first-order valence-corrected chi connectivity index (χ1v) is 6.69. The highest BCUT2D eigenvalue weighted by Gasteiger charge is 2.14. The van der Waals surface area contributed by atoms with Crippen LogP contribution < -0.4 is 4.74 Å².